The van der Waals surface area contributed by atoms with Crippen LogP contribution < -0.4 is 15.7 Å². The van der Waals surface area contributed by atoms with Crippen molar-refractivity contribution in [1.29, 1.82) is 0 Å². The van der Waals surface area contributed by atoms with E-state index in [-0.39, 0.29) is 11.6 Å². The molecule has 0 aliphatic rings. The number of hydrogen-bond acceptors (Lipinski definition) is 5. The minimum atomic E-state index is -0.510. The van der Waals surface area contributed by atoms with Gasteiger partial charge in [0.1, 0.15) is 17.3 Å². The SMILES string of the molecule is COc1ccc2nc(CCNC(=O)c3cc(CC(C)C)[nH]c(=O)n3)[nH]c2c1. The van der Waals surface area contributed by atoms with E-state index in [2.05, 4.69) is 25.3 Å². The number of ether oxygens (including phenoxy) is 1. The molecule has 0 atom stereocenters. The number of aromatic amines is 2. The number of nitrogens with zero attached hydrogens (tertiary/aromatic N) is 2. The highest BCUT2D eigenvalue weighted by atomic mass is 16.5. The summed E-state index contributed by atoms with van der Waals surface area (Å²) in [6.45, 7) is 4.46. The number of methoxy groups -OCH3 is 1. The highest BCUT2D eigenvalue weighted by Crippen LogP contribution is 2.18. The average Bonchev–Trinajstić information content (AvgIpc) is 3.02. The van der Waals surface area contributed by atoms with Crippen LogP contribution in [0.15, 0.2) is 29.1 Å². The van der Waals surface area contributed by atoms with Crippen molar-refractivity contribution in [2.45, 2.75) is 26.7 Å². The van der Waals surface area contributed by atoms with E-state index in [9.17, 15) is 9.59 Å². The molecule has 3 N–H and O–H groups in total. The van der Waals surface area contributed by atoms with Crippen molar-refractivity contribution in [2.24, 2.45) is 5.92 Å². The summed E-state index contributed by atoms with van der Waals surface area (Å²) in [7, 11) is 1.61. The van der Waals surface area contributed by atoms with Gasteiger partial charge in [0.2, 0.25) is 0 Å². The molecule has 0 spiro atoms. The second-order valence-electron chi connectivity index (χ2n) is 6.77. The van der Waals surface area contributed by atoms with E-state index >= 15 is 0 Å². The Morgan fingerprint density at radius 3 is 2.78 bits per heavy atom. The Morgan fingerprint density at radius 2 is 2.04 bits per heavy atom. The topological polar surface area (TPSA) is 113 Å². The van der Waals surface area contributed by atoms with Crippen LogP contribution in [0.5, 0.6) is 5.75 Å². The number of carbonyl (C=O) groups excluding carboxylic acids is 1. The molecule has 8 heteroatoms. The van der Waals surface area contributed by atoms with Crippen LogP contribution in [0.4, 0.5) is 0 Å². The number of H-pyrrole nitrogens is 2. The molecule has 0 saturated carbocycles. The maximum atomic E-state index is 12.3. The summed E-state index contributed by atoms with van der Waals surface area (Å²) in [5.74, 6) is 1.51. The highest BCUT2D eigenvalue weighted by Gasteiger charge is 2.11. The molecule has 1 amide bonds. The molecule has 0 radical (unpaired) electrons. The lowest BCUT2D eigenvalue weighted by Crippen LogP contribution is -2.29. The third-order valence-corrected chi connectivity index (χ3v) is 4.05. The van der Waals surface area contributed by atoms with Crippen molar-refractivity contribution in [1.82, 2.24) is 25.3 Å². The van der Waals surface area contributed by atoms with E-state index in [0.717, 1.165) is 22.6 Å². The summed E-state index contributed by atoms with van der Waals surface area (Å²) in [6, 6.07) is 7.23. The fourth-order valence-electron chi connectivity index (χ4n) is 2.85. The number of carbonyl (C=O) groups is 1. The number of rotatable bonds is 7. The molecule has 142 valence electrons. The van der Waals surface area contributed by atoms with Crippen LogP contribution in [0.3, 0.4) is 0 Å². The first kappa shape index (κ1) is 18.6. The first-order chi connectivity index (χ1) is 12.9. The average molecular weight is 369 g/mol. The molecule has 0 unspecified atom stereocenters. The van der Waals surface area contributed by atoms with Gasteiger partial charge in [-0.1, -0.05) is 13.8 Å². The molecular formula is C19H23N5O3. The van der Waals surface area contributed by atoms with Gasteiger partial charge in [0.05, 0.1) is 18.1 Å². The van der Waals surface area contributed by atoms with Crippen molar-refractivity contribution < 1.29 is 9.53 Å². The third-order valence-electron chi connectivity index (χ3n) is 4.05. The molecule has 0 bridgehead atoms. The Labute approximate surface area is 156 Å². The maximum Gasteiger partial charge on any atom is 0.345 e. The van der Waals surface area contributed by atoms with Gasteiger partial charge in [0, 0.05) is 24.7 Å². The smallest absolute Gasteiger partial charge is 0.345 e. The molecule has 2 aromatic heterocycles. The number of fused-ring (bicyclic) bond motifs is 1. The van der Waals surface area contributed by atoms with Crippen LogP contribution in [0, 0.1) is 5.92 Å². The standard InChI is InChI=1S/C19H23N5O3/c1-11(2)8-12-9-16(24-19(26)21-12)18(25)20-7-6-17-22-14-5-4-13(27-3)10-15(14)23-17/h4-5,9-11H,6-8H2,1-3H3,(H,20,25)(H,22,23)(H,21,24,26). The van der Waals surface area contributed by atoms with Crippen LogP contribution in [-0.2, 0) is 12.8 Å². The number of amides is 1. The lowest BCUT2D eigenvalue weighted by atomic mass is 10.1. The van der Waals surface area contributed by atoms with Crippen LogP contribution in [0.25, 0.3) is 11.0 Å². The third kappa shape index (κ3) is 4.72. The van der Waals surface area contributed by atoms with E-state index in [0.29, 0.717) is 31.0 Å². The van der Waals surface area contributed by atoms with Gasteiger partial charge in [-0.05, 0) is 30.5 Å². The Bertz CT molecular complexity index is 1010. The van der Waals surface area contributed by atoms with Crippen molar-refractivity contribution in [2.75, 3.05) is 13.7 Å². The van der Waals surface area contributed by atoms with Gasteiger partial charge in [-0.3, -0.25) is 4.79 Å². The fourth-order valence-corrected chi connectivity index (χ4v) is 2.85. The number of benzene rings is 1. The first-order valence-electron chi connectivity index (χ1n) is 8.85. The van der Waals surface area contributed by atoms with Gasteiger partial charge in [0.15, 0.2) is 0 Å². The highest BCUT2D eigenvalue weighted by molar-refractivity contribution is 5.92. The molecule has 0 aliphatic carbocycles. The van der Waals surface area contributed by atoms with Crippen molar-refractivity contribution in [3.63, 3.8) is 0 Å². The summed E-state index contributed by atoms with van der Waals surface area (Å²) in [4.78, 5) is 38.1. The predicted octanol–water partition coefficient (Wildman–Crippen LogP) is 1.83. The second kappa shape index (κ2) is 8.03. The summed E-state index contributed by atoms with van der Waals surface area (Å²) < 4.78 is 5.20. The van der Waals surface area contributed by atoms with E-state index in [1.807, 2.05) is 32.0 Å². The maximum absolute atomic E-state index is 12.3. The van der Waals surface area contributed by atoms with Crippen molar-refractivity contribution in [3.05, 3.63) is 52.0 Å². The number of nitrogens with one attached hydrogen (secondary N) is 3. The Morgan fingerprint density at radius 1 is 1.22 bits per heavy atom. The van der Waals surface area contributed by atoms with Crippen molar-refractivity contribution in [3.8, 4) is 5.75 Å². The zero-order valence-electron chi connectivity index (χ0n) is 15.6. The van der Waals surface area contributed by atoms with Gasteiger partial charge < -0.3 is 20.0 Å². The van der Waals surface area contributed by atoms with Crippen LogP contribution in [-0.4, -0.2) is 39.5 Å². The van der Waals surface area contributed by atoms with Gasteiger partial charge in [0.25, 0.3) is 5.91 Å². The number of aromatic nitrogens is 4. The lowest BCUT2D eigenvalue weighted by Gasteiger charge is -2.07. The number of hydrogen-bond donors (Lipinski definition) is 3. The molecule has 8 nitrogen and oxygen atoms in total. The van der Waals surface area contributed by atoms with Crippen LogP contribution in [0.2, 0.25) is 0 Å². The summed E-state index contributed by atoms with van der Waals surface area (Å²) >= 11 is 0. The van der Waals surface area contributed by atoms with E-state index in [1.54, 1.807) is 13.2 Å². The quantitative estimate of drug-likeness (QED) is 0.588. The van der Waals surface area contributed by atoms with Gasteiger partial charge in [-0.15, -0.1) is 0 Å². The zero-order chi connectivity index (χ0) is 19.4. The second-order valence-corrected chi connectivity index (χ2v) is 6.77. The molecule has 3 rings (SSSR count). The monoisotopic (exact) mass is 369 g/mol. The molecule has 0 fully saturated rings. The summed E-state index contributed by atoms with van der Waals surface area (Å²) in [5, 5.41) is 2.78. The fraction of sp³-hybridized carbons (Fsp3) is 0.368. The van der Waals surface area contributed by atoms with E-state index in [4.69, 9.17) is 4.74 Å². The van der Waals surface area contributed by atoms with Gasteiger partial charge in [-0.25, -0.2) is 9.78 Å². The summed E-state index contributed by atoms with van der Waals surface area (Å²) in [6.07, 6.45) is 1.21. The lowest BCUT2D eigenvalue weighted by molar-refractivity contribution is 0.0948. The molecule has 1 aromatic carbocycles. The minimum Gasteiger partial charge on any atom is -0.497 e. The Balaban J connectivity index is 1.62. The molecular weight excluding hydrogens is 346 g/mol. The molecule has 27 heavy (non-hydrogen) atoms. The Hall–Kier alpha value is -3.16. The Kier molecular flexibility index (Phi) is 5.54. The summed E-state index contributed by atoms with van der Waals surface area (Å²) in [5.41, 5.74) is 2.05. The predicted molar refractivity (Wildman–Crippen MR) is 102 cm³/mol. The first-order valence-corrected chi connectivity index (χ1v) is 8.85. The number of imidazole rings is 1. The molecule has 0 aliphatic heterocycles. The van der Waals surface area contributed by atoms with Crippen LogP contribution >= 0.6 is 0 Å². The van der Waals surface area contributed by atoms with Crippen molar-refractivity contribution >= 4 is 16.9 Å². The van der Waals surface area contributed by atoms with Gasteiger partial charge in [-0.2, -0.15) is 4.98 Å². The minimum absolute atomic E-state index is 0.128. The van der Waals surface area contributed by atoms with E-state index < -0.39 is 5.69 Å². The molecule has 0 saturated heterocycles. The van der Waals surface area contributed by atoms with E-state index in [1.165, 1.54) is 0 Å². The van der Waals surface area contributed by atoms with Crippen LogP contribution in [0.1, 0.15) is 35.9 Å². The molecule has 2 heterocycles. The van der Waals surface area contributed by atoms with Gasteiger partial charge >= 0.3 is 5.69 Å². The zero-order valence-corrected chi connectivity index (χ0v) is 15.6. The largest absolute Gasteiger partial charge is 0.497 e. The molecule has 3 aromatic rings. The normalized spacial score (nSPS) is 11.1.